The van der Waals surface area contributed by atoms with Gasteiger partial charge < -0.3 is 10.0 Å². The number of hydrogen-bond donors (Lipinski definition) is 1. The van der Waals surface area contributed by atoms with Crippen molar-refractivity contribution in [2.45, 2.75) is 43.4 Å². The number of aromatic hydroxyl groups is 1. The molecule has 30 heavy (non-hydrogen) atoms. The molecule has 0 aliphatic heterocycles. The summed E-state index contributed by atoms with van der Waals surface area (Å²) in [6, 6.07) is 9.67. The van der Waals surface area contributed by atoms with Crippen LogP contribution < -0.4 is 4.90 Å². The van der Waals surface area contributed by atoms with E-state index in [0.29, 0.717) is 17.3 Å². The van der Waals surface area contributed by atoms with E-state index in [1.807, 2.05) is 18.2 Å². The molecule has 1 fully saturated rings. The van der Waals surface area contributed by atoms with Crippen LogP contribution in [-0.4, -0.2) is 61.7 Å². The van der Waals surface area contributed by atoms with Crippen LogP contribution >= 0.6 is 0 Å². The third-order valence-electron chi connectivity index (χ3n) is 5.72. The van der Waals surface area contributed by atoms with Gasteiger partial charge in [-0.2, -0.15) is 5.10 Å². The number of anilines is 1. The lowest BCUT2D eigenvalue weighted by Gasteiger charge is -2.31. The summed E-state index contributed by atoms with van der Waals surface area (Å²) in [6.45, 7) is 0. The van der Waals surface area contributed by atoms with E-state index in [1.165, 1.54) is 36.8 Å². The minimum absolute atomic E-state index is 0.0995. The molecule has 1 N–H and O–H groups in total. The number of hydrogen-bond acceptors (Lipinski definition) is 5. The summed E-state index contributed by atoms with van der Waals surface area (Å²) < 4.78 is 1.26. The average Bonchev–Trinajstić information content (AvgIpc) is 3.25. The molecule has 1 aliphatic rings. The Labute approximate surface area is 180 Å². The summed E-state index contributed by atoms with van der Waals surface area (Å²) in [6.07, 6.45) is 9.45. The molecule has 0 bridgehead atoms. The van der Waals surface area contributed by atoms with Crippen LogP contribution in [0.25, 0.3) is 22.4 Å². The standard InChI is InChI=1S/C21H22B3N5O/c1-28(16-5-3-2-4-6-16)20-10-9-18(26-27-20)17-8-7-14(11-19(17)30)15-12-25-29(13-15)21(22,23)24/h7-13,16,30H,2-6H2,1H3. The average molecular weight is 393 g/mol. The highest BCUT2D eigenvalue weighted by Gasteiger charge is 2.20. The fraction of sp³-hybridized carbons (Fsp3) is 0.381. The predicted molar refractivity (Wildman–Crippen MR) is 121 cm³/mol. The molecule has 0 saturated heterocycles. The Kier molecular flexibility index (Phi) is 5.63. The Balaban J connectivity index is 1.53. The van der Waals surface area contributed by atoms with Crippen molar-refractivity contribution in [2.24, 2.45) is 0 Å². The minimum atomic E-state index is -1.58. The summed E-state index contributed by atoms with van der Waals surface area (Å²) in [5.41, 5.74) is 2.71. The van der Waals surface area contributed by atoms with Crippen LogP contribution in [0.5, 0.6) is 5.75 Å². The van der Waals surface area contributed by atoms with Gasteiger partial charge in [-0.1, -0.05) is 25.3 Å². The fourth-order valence-electron chi connectivity index (χ4n) is 3.92. The Morgan fingerprint density at radius 3 is 2.40 bits per heavy atom. The van der Waals surface area contributed by atoms with Crippen molar-refractivity contribution < 1.29 is 5.11 Å². The van der Waals surface area contributed by atoms with Crippen molar-refractivity contribution in [3.8, 4) is 28.1 Å². The van der Waals surface area contributed by atoms with Gasteiger partial charge in [-0.05, 0) is 47.9 Å². The van der Waals surface area contributed by atoms with Gasteiger partial charge in [-0.3, -0.25) is 4.68 Å². The maximum atomic E-state index is 10.6. The normalized spacial score (nSPS) is 15.2. The van der Waals surface area contributed by atoms with Crippen molar-refractivity contribution in [1.29, 1.82) is 0 Å². The third kappa shape index (κ3) is 4.25. The Morgan fingerprint density at radius 2 is 1.80 bits per heavy atom. The molecule has 6 radical (unpaired) electrons. The van der Waals surface area contributed by atoms with Gasteiger partial charge >= 0.3 is 0 Å². The van der Waals surface area contributed by atoms with Crippen molar-refractivity contribution in [3.05, 3.63) is 42.7 Å². The first kappa shape index (κ1) is 20.6. The first-order valence-corrected chi connectivity index (χ1v) is 10.1. The van der Waals surface area contributed by atoms with E-state index in [-0.39, 0.29) is 5.75 Å². The van der Waals surface area contributed by atoms with E-state index in [0.717, 1.165) is 16.9 Å². The maximum Gasteiger partial charge on any atom is 0.151 e. The molecular formula is C21H22B3N5O. The SMILES string of the molecule is [B]C([B])([B])n1cc(-c2ccc(-c3ccc(N(C)C4CCCCC4)nn3)c(O)c2)cn1. The molecule has 4 rings (SSSR count). The van der Waals surface area contributed by atoms with E-state index in [1.54, 1.807) is 24.5 Å². The van der Waals surface area contributed by atoms with E-state index in [9.17, 15) is 5.11 Å². The predicted octanol–water partition coefficient (Wildman–Crippen LogP) is 2.55. The monoisotopic (exact) mass is 393 g/mol. The molecule has 2 aromatic heterocycles. The van der Waals surface area contributed by atoms with E-state index < -0.39 is 5.24 Å². The van der Waals surface area contributed by atoms with Crippen LogP contribution in [0.2, 0.25) is 0 Å². The van der Waals surface area contributed by atoms with Crippen molar-refractivity contribution in [2.75, 3.05) is 11.9 Å². The van der Waals surface area contributed by atoms with Gasteiger partial charge in [-0.25, -0.2) is 0 Å². The molecule has 1 saturated carbocycles. The number of aromatic nitrogens is 4. The molecule has 2 heterocycles. The lowest BCUT2D eigenvalue weighted by atomic mass is 9.49. The van der Waals surface area contributed by atoms with Crippen molar-refractivity contribution in [3.63, 3.8) is 0 Å². The number of phenols is 1. The Bertz CT molecular complexity index is 1010. The van der Waals surface area contributed by atoms with E-state index in [4.69, 9.17) is 23.5 Å². The summed E-state index contributed by atoms with van der Waals surface area (Å²) in [5.74, 6) is 0.949. The smallest absolute Gasteiger partial charge is 0.151 e. The zero-order valence-electron chi connectivity index (χ0n) is 17.1. The number of rotatable bonds is 5. The first-order chi connectivity index (χ1) is 14.3. The molecule has 0 amide bonds. The van der Waals surface area contributed by atoms with Crippen molar-refractivity contribution in [1.82, 2.24) is 20.0 Å². The summed E-state index contributed by atoms with van der Waals surface area (Å²) in [4.78, 5) is 2.21. The van der Waals surface area contributed by atoms with Gasteiger partial charge in [0.2, 0.25) is 0 Å². The quantitative estimate of drug-likeness (QED) is 0.676. The summed E-state index contributed by atoms with van der Waals surface area (Å²) in [7, 11) is 19.0. The largest absolute Gasteiger partial charge is 0.507 e. The molecule has 1 aromatic carbocycles. The van der Waals surface area contributed by atoms with E-state index in [2.05, 4.69) is 27.2 Å². The number of nitrogens with zero attached hydrogens (tertiary/aromatic N) is 5. The lowest BCUT2D eigenvalue weighted by molar-refractivity contribution is 0.425. The number of phenolic OH excluding ortho intramolecular Hbond substituents is 1. The Morgan fingerprint density at radius 1 is 1.03 bits per heavy atom. The maximum absolute atomic E-state index is 10.6. The molecular weight excluding hydrogens is 371 g/mol. The highest BCUT2D eigenvalue weighted by Crippen LogP contribution is 2.33. The molecule has 9 heteroatoms. The van der Waals surface area contributed by atoms with Crippen LogP contribution in [0, 0.1) is 0 Å². The van der Waals surface area contributed by atoms with Gasteiger partial charge in [0.05, 0.1) is 35.4 Å². The first-order valence-electron chi connectivity index (χ1n) is 10.1. The summed E-state index contributed by atoms with van der Waals surface area (Å²) >= 11 is 0. The van der Waals surface area contributed by atoms with Crippen LogP contribution in [0.15, 0.2) is 42.7 Å². The van der Waals surface area contributed by atoms with Crippen LogP contribution in [0.1, 0.15) is 32.1 Å². The molecule has 3 aromatic rings. The zero-order valence-corrected chi connectivity index (χ0v) is 17.1. The molecule has 6 nitrogen and oxygen atoms in total. The second-order valence-corrected chi connectivity index (χ2v) is 7.97. The zero-order chi connectivity index (χ0) is 21.3. The molecule has 0 spiro atoms. The van der Waals surface area contributed by atoms with Gasteiger partial charge in [-0.15, -0.1) is 10.2 Å². The second-order valence-electron chi connectivity index (χ2n) is 7.97. The van der Waals surface area contributed by atoms with Gasteiger partial charge in [0.1, 0.15) is 5.75 Å². The van der Waals surface area contributed by atoms with Crippen LogP contribution in [0.4, 0.5) is 5.82 Å². The minimum Gasteiger partial charge on any atom is -0.507 e. The third-order valence-corrected chi connectivity index (χ3v) is 5.72. The van der Waals surface area contributed by atoms with Crippen LogP contribution in [-0.2, 0) is 5.24 Å². The van der Waals surface area contributed by atoms with Gasteiger partial charge in [0, 0.05) is 30.4 Å². The second kappa shape index (κ2) is 8.21. The van der Waals surface area contributed by atoms with Gasteiger partial charge in [0.15, 0.2) is 5.82 Å². The molecule has 0 unspecified atom stereocenters. The molecule has 1 aliphatic carbocycles. The molecule has 0 atom stereocenters. The topological polar surface area (TPSA) is 67.1 Å². The van der Waals surface area contributed by atoms with Gasteiger partial charge in [0.25, 0.3) is 0 Å². The van der Waals surface area contributed by atoms with Crippen molar-refractivity contribution >= 4 is 29.4 Å². The lowest BCUT2D eigenvalue weighted by Crippen LogP contribution is -2.35. The Hall–Kier alpha value is -2.70. The fourth-order valence-corrected chi connectivity index (χ4v) is 3.92. The summed E-state index contributed by atoms with van der Waals surface area (Å²) in [5, 5.41) is 21.8. The number of benzene rings is 1. The van der Waals surface area contributed by atoms with Crippen LogP contribution in [0.3, 0.4) is 0 Å². The highest BCUT2D eigenvalue weighted by molar-refractivity contribution is 6.56. The van der Waals surface area contributed by atoms with E-state index >= 15 is 0 Å². The highest BCUT2D eigenvalue weighted by atomic mass is 16.3. The molecule has 146 valence electrons.